The zero-order chi connectivity index (χ0) is 14.2. The maximum atomic E-state index is 6.34. The van der Waals surface area contributed by atoms with Gasteiger partial charge in [0.1, 0.15) is 0 Å². The highest BCUT2D eigenvalue weighted by Gasteiger charge is 2.41. The van der Waals surface area contributed by atoms with Crippen LogP contribution in [0.2, 0.25) is 37.8 Å². The van der Waals surface area contributed by atoms with E-state index in [1.54, 1.807) is 21.3 Å². The van der Waals surface area contributed by atoms with Gasteiger partial charge < -0.3 is 17.4 Å². The maximum absolute atomic E-state index is 6.34. The van der Waals surface area contributed by atoms with Gasteiger partial charge in [0, 0.05) is 27.4 Å². The van der Waals surface area contributed by atoms with Crippen molar-refractivity contribution in [3.05, 3.63) is 0 Å². The van der Waals surface area contributed by atoms with Crippen LogP contribution in [0.3, 0.4) is 0 Å². The predicted molar refractivity (Wildman–Crippen MR) is 83.1 cm³/mol. The maximum Gasteiger partial charge on any atom is 0.499 e. The van der Waals surface area contributed by atoms with Gasteiger partial charge in [0.25, 0.3) is 0 Å². The van der Waals surface area contributed by atoms with E-state index in [1.807, 2.05) is 0 Å². The van der Waals surface area contributed by atoms with E-state index in [0.29, 0.717) is 0 Å². The SMILES string of the molecule is CCC[Si](C)(CC[Si](OC)(OC)OC)O[SiH](C)C. The summed E-state index contributed by atoms with van der Waals surface area (Å²) in [4.78, 5) is 0. The van der Waals surface area contributed by atoms with Gasteiger partial charge >= 0.3 is 8.80 Å². The van der Waals surface area contributed by atoms with Crippen LogP contribution in [0.5, 0.6) is 0 Å². The summed E-state index contributed by atoms with van der Waals surface area (Å²) in [6.07, 6.45) is 1.19. The molecule has 0 bridgehead atoms. The molecule has 0 fully saturated rings. The summed E-state index contributed by atoms with van der Waals surface area (Å²) in [6, 6.07) is 3.13. The first kappa shape index (κ1) is 18.5. The van der Waals surface area contributed by atoms with Gasteiger partial charge in [-0.2, -0.15) is 0 Å². The lowest BCUT2D eigenvalue weighted by Gasteiger charge is -2.33. The first-order valence-electron chi connectivity index (χ1n) is 6.70. The molecule has 0 spiro atoms. The Hall–Kier alpha value is 0.491. The molecule has 4 nitrogen and oxygen atoms in total. The smallest absolute Gasteiger partial charge is 0.458 e. The summed E-state index contributed by atoms with van der Waals surface area (Å²) in [5, 5.41) is 0. The summed E-state index contributed by atoms with van der Waals surface area (Å²) >= 11 is 0. The van der Waals surface area contributed by atoms with Crippen LogP contribution in [-0.4, -0.2) is 47.5 Å². The quantitative estimate of drug-likeness (QED) is 0.581. The van der Waals surface area contributed by atoms with Gasteiger partial charge in [-0.3, -0.25) is 0 Å². The molecule has 0 aromatic carbocycles. The highest BCUT2D eigenvalue weighted by Crippen LogP contribution is 2.27. The largest absolute Gasteiger partial charge is 0.499 e. The lowest BCUT2D eigenvalue weighted by molar-refractivity contribution is 0.125. The molecule has 0 rings (SSSR count). The summed E-state index contributed by atoms with van der Waals surface area (Å²) in [5.74, 6) is 0. The van der Waals surface area contributed by atoms with E-state index in [0.717, 1.165) is 12.1 Å². The minimum absolute atomic E-state index is 0.861. The van der Waals surface area contributed by atoms with E-state index in [9.17, 15) is 0 Å². The summed E-state index contributed by atoms with van der Waals surface area (Å²) in [7, 11) is -0.00666. The molecule has 0 aliphatic rings. The molecule has 110 valence electrons. The minimum Gasteiger partial charge on any atom is -0.458 e. The lowest BCUT2D eigenvalue weighted by Crippen LogP contribution is -2.46. The Morgan fingerprint density at radius 2 is 1.39 bits per heavy atom. The second kappa shape index (κ2) is 8.62. The molecule has 0 radical (unpaired) electrons. The van der Waals surface area contributed by atoms with Crippen LogP contribution in [0.25, 0.3) is 0 Å². The molecule has 1 unspecified atom stereocenters. The monoisotopic (exact) mass is 310 g/mol. The number of rotatable bonds is 10. The third kappa shape index (κ3) is 6.09. The third-order valence-corrected chi connectivity index (χ3v) is 13.4. The van der Waals surface area contributed by atoms with E-state index in [2.05, 4.69) is 26.6 Å². The Morgan fingerprint density at radius 1 is 0.889 bits per heavy atom. The average molecular weight is 311 g/mol. The van der Waals surface area contributed by atoms with Crippen LogP contribution in [0.15, 0.2) is 0 Å². The van der Waals surface area contributed by atoms with Crippen molar-refractivity contribution in [3.8, 4) is 0 Å². The van der Waals surface area contributed by atoms with E-state index < -0.39 is 26.2 Å². The summed E-state index contributed by atoms with van der Waals surface area (Å²) in [5.41, 5.74) is 0. The molecule has 0 heterocycles. The fraction of sp³-hybridized carbons (Fsp3) is 1.00. The van der Waals surface area contributed by atoms with Crippen molar-refractivity contribution in [2.45, 2.75) is 51.1 Å². The highest BCUT2D eigenvalue weighted by molar-refractivity contribution is 6.80. The Kier molecular flexibility index (Phi) is 8.85. The van der Waals surface area contributed by atoms with Crippen molar-refractivity contribution in [2.24, 2.45) is 0 Å². The molecule has 0 N–H and O–H groups in total. The van der Waals surface area contributed by atoms with Crippen molar-refractivity contribution in [3.63, 3.8) is 0 Å². The average Bonchev–Trinajstić information content (AvgIpc) is 2.31. The van der Waals surface area contributed by atoms with Gasteiger partial charge in [0.05, 0.1) is 0 Å². The zero-order valence-corrected chi connectivity index (χ0v) is 16.2. The highest BCUT2D eigenvalue weighted by atomic mass is 28.4. The first-order valence-corrected chi connectivity index (χ1v) is 14.2. The molecule has 0 aromatic rings. The fourth-order valence-corrected chi connectivity index (χ4v) is 13.6. The van der Waals surface area contributed by atoms with Crippen LogP contribution < -0.4 is 0 Å². The minimum atomic E-state index is -2.44. The van der Waals surface area contributed by atoms with Gasteiger partial charge in [-0.25, -0.2) is 0 Å². The van der Waals surface area contributed by atoms with Crippen LogP contribution >= 0.6 is 0 Å². The van der Waals surface area contributed by atoms with E-state index in [4.69, 9.17) is 17.4 Å². The Balaban J connectivity index is 4.58. The Morgan fingerprint density at radius 3 is 1.72 bits per heavy atom. The fourth-order valence-electron chi connectivity index (χ4n) is 2.31. The van der Waals surface area contributed by atoms with Crippen LogP contribution in [0.4, 0.5) is 0 Å². The van der Waals surface area contributed by atoms with Gasteiger partial charge in [-0.05, 0) is 31.7 Å². The molecule has 1 atom stereocenters. The van der Waals surface area contributed by atoms with Gasteiger partial charge in [0.15, 0.2) is 17.4 Å². The summed E-state index contributed by atoms with van der Waals surface area (Å²) < 4.78 is 22.8. The second-order valence-electron chi connectivity index (χ2n) is 5.16. The molecule has 0 amide bonds. The van der Waals surface area contributed by atoms with Crippen molar-refractivity contribution in [1.29, 1.82) is 0 Å². The topological polar surface area (TPSA) is 36.9 Å². The summed E-state index contributed by atoms with van der Waals surface area (Å²) in [6.45, 7) is 9.05. The molecule has 0 aliphatic carbocycles. The van der Waals surface area contributed by atoms with Crippen molar-refractivity contribution in [1.82, 2.24) is 0 Å². The van der Waals surface area contributed by atoms with Crippen LogP contribution in [0, 0.1) is 0 Å². The normalized spacial score (nSPS) is 16.0. The van der Waals surface area contributed by atoms with Crippen molar-refractivity contribution >= 4 is 26.2 Å². The van der Waals surface area contributed by atoms with Gasteiger partial charge in [0.2, 0.25) is 0 Å². The van der Waals surface area contributed by atoms with E-state index >= 15 is 0 Å². The predicted octanol–water partition coefficient (Wildman–Crippen LogP) is 2.85. The zero-order valence-electron chi connectivity index (χ0n) is 13.0. The molecular weight excluding hydrogens is 280 g/mol. The standard InChI is InChI=1S/C11H30O4Si3/c1-8-9-17(7,15-16(5)6)10-11-18(12-2,13-3)14-4/h16H,8-11H2,1-7H3. The van der Waals surface area contributed by atoms with E-state index in [1.165, 1.54) is 12.5 Å². The molecular formula is C11H30O4Si3. The lowest BCUT2D eigenvalue weighted by atomic mass is 10.6. The molecule has 0 aliphatic heterocycles. The molecule has 7 heteroatoms. The molecule has 0 saturated carbocycles. The Labute approximate surface area is 116 Å². The molecule has 0 saturated heterocycles. The Bertz CT molecular complexity index is 216. The van der Waals surface area contributed by atoms with E-state index in [-0.39, 0.29) is 0 Å². The van der Waals surface area contributed by atoms with Crippen molar-refractivity contribution < 1.29 is 17.4 Å². The van der Waals surface area contributed by atoms with Gasteiger partial charge in [-0.15, -0.1) is 0 Å². The van der Waals surface area contributed by atoms with Gasteiger partial charge in [-0.1, -0.05) is 13.3 Å². The van der Waals surface area contributed by atoms with Crippen LogP contribution in [0.1, 0.15) is 13.3 Å². The second-order valence-corrected chi connectivity index (χ2v) is 15.2. The number of hydrogen-bond donors (Lipinski definition) is 0. The van der Waals surface area contributed by atoms with Crippen LogP contribution in [-0.2, 0) is 17.4 Å². The first-order chi connectivity index (χ1) is 8.37. The number of hydrogen-bond acceptors (Lipinski definition) is 4. The molecule has 18 heavy (non-hydrogen) atoms. The third-order valence-electron chi connectivity index (χ3n) is 3.19. The molecule has 0 aromatic heterocycles. The van der Waals surface area contributed by atoms with Crippen molar-refractivity contribution in [2.75, 3.05) is 21.3 Å².